The zero-order valence-corrected chi connectivity index (χ0v) is 18.3. The molecule has 1 aromatic carbocycles. The number of urea groups is 1. The van der Waals surface area contributed by atoms with Gasteiger partial charge in [0.05, 0.1) is 6.61 Å². The highest BCUT2D eigenvalue weighted by atomic mass is 32.2. The third-order valence-corrected chi connectivity index (χ3v) is 5.08. The largest absolute Gasteiger partial charge is 0.490 e. The number of amides is 3. The van der Waals surface area contributed by atoms with Gasteiger partial charge in [0.25, 0.3) is 0 Å². The summed E-state index contributed by atoms with van der Waals surface area (Å²) in [5.74, 6) is 0.519. The Hall–Kier alpha value is -2.06. The second-order valence-electron chi connectivity index (χ2n) is 8.22. The summed E-state index contributed by atoms with van der Waals surface area (Å²) in [7, 11) is 0. The maximum Gasteiger partial charge on any atom is 0.324 e. The van der Waals surface area contributed by atoms with Crippen LogP contribution in [-0.2, 0) is 4.79 Å². The Morgan fingerprint density at radius 1 is 1.34 bits per heavy atom. The maximum absolute atomic E-state index is 14.0. The summed E-state index contributed by atoms with van der Waals surface area (Å²) < 4.78 is 23.0. The Labute approximate surface area is 176 Å². The molecule has 160 valence electrons. The first-order valence-corrected chi connectivity index (χ1v) is 10.7. The van der Waals surface area contributed by atoms with E-state index in [9.17, 15) is 14.0 Å². The Morgan fingerprint density at radius 3 is 2.76 bits per heavy atom. The van der Waals surface area contributed by atoms with Crippen LogP contribution in [0.5, 0.6) is 5.75 Å². The summed E-state index contributed by atoms with van der Waals surface area (Å²) in [6.07, 6.45) is 4.71. The average molecular weight is 424 g/mol. The first kappa shape index (κ1) is 23.2. The molecule has 6 nitrogen and oxygen atoms in total. The van der Waals surface area contributed by atoms with Crippen molar-refractivity contribution in [2.24, 2.45) is 5.41 Å². The van der Waals surface area contributed by atoms with E-state index in [1.165, 1.54) is 11.0 Å². The second-order valence-corrected chi connectivity index (χ2v) is 9.15. The molecule has 8 heteroatoms. The number of benzene rings is 1. The molecule has 1 saturated heterocycles. The van der Waals surface area contributed by atoms with E-state index in [4.69, 9.17) is 4.74 Å². The van der Waals surface area contributed by atoms with E-state index in [1.807, 2.05) is 39.8 Å². The number of ether oxygens (including phenoxy) is 1. The van der Waals surface area contributed by atoms with Gasteiger partial charge in [0.1, 0.15) is 6.54 Å². The second kappa shape index (κ2) is 10.6. The van der Waals surface area contributed by atoms with Crippen LogP contribution < -0.4 is 14.8 Å². The highest BCUT2D eigenvalue weighted by Crippen LogP contribution is 2.26. The van der Waals surface area contributed by atoms with Crippen LogP contribution in [0.1, 0.15) is 45.7 Å². The Bertz CT molecular complexity index is 749. The van der Waals surface area contributed by atoms with Crippen molar-refractivity contribution in [2.75, 3.05) is 25.4 Å². The van der Waals surface area contributed by atoms with Crippen LogP contribution in [0, 0.1) is 11.2 Å². The fraction of sp³-hybridized carbons (Fsp3) is 0.524. The van der Waals surface area contributed by atoms with E-state index in [1.54, 1.807) is 24.1 Å². The predicted molar refractivity (Wildman–Crippen MR) is 114 cm³/mol. The third-order valence-electron chi connectivity index (χ3n) is 4.12. The molecule has 0 radical (unpaired) electrons. The van der Waals surface area contributed by atoms with E-state index >= 15 is 0 Å². The van der Waals surface area contributed by atoms with Crippen molar-refractivity contribution in [1.29, 1.82) is 0 Å². The van der Waals surface area contributed by atoms with Crippen molar-refractivity contribution in [2.45, 2.75) is 40.2 Å². The summed E-state index contributed by atoms with van der Waals surface area (Å²) in [6.45, 7) is 9.15. The molecule has 0 aliphatic carbocycles. The summed E-state index contributed by atoms with van der Waals surface area (Å²) >= 11 is 1.58. The van der Waals surface area contributed by atoms with Gasteiger partial charge in [-0.05, 0) is 36.5 Å². The number of halogens is 1. The molecule has 0 saturated carbocycles. The number of nitrogens with zero attached hydrogens (tertiary/aromatic N) is 1. The van der Waals surface area contributed by atoms with Crippen LogP contribution in [0.4, 0.5) is 9.18 Å². The minimum absolute atomic E-state index is 0.0379. The number of nitrogens with one attached hydrogen (secondary N) is 2. The number of hydrogen-bond donors (Lipinski definition) is 2. The van der Waals surface area contributed by atoms with Gasteiger partial charge in [0.15, 0.2) is 11.6 Å². The number of rotatable bonds is 10. The maximum atomic E-state index is 14.0. The molecular weight excluding hydrogens is 393 g/mol. The molecular formula is C21H30FN3O3S. The van der Waals surface area contributed by atoms with E-state index in [0.717, 1.165) is 17.7 Å². The highest BCUT2D eigenvalue weighted by molar-refractivity contribution is 7.97. The third kappa shape index (κ3) is 8.06. The molecule has 1 aliphatic heterocycles. The number of allylic oxidation sites excluding steroid dienone is 1. The fourth-order valence-electron chi connectivity index (χ4n) is 2.52. The predicted octanol–water partition coefficient (Wildman–Crippen LogP) is 4.05. The van der Waals surface area contributed by atoms with Crippen molar-refractivity contribution in [3.63, 3.8) is 0 Å². The van der Waals surface area contributed by atoms with Gasteiger partial charge in [0, 0.05) is 18.3 Å². The zero-order valence-electron chi connectivity index (χ0n) is 17.5. The van der Waals surface area contributed by atoms with E-state index in [2.05, 4.69) is 10.0 Å². The molecule has 2 N–H and O–H groups in total. The smallest absolute Gasteiger partial charge is 0.324 e. The molecule has 1 fully saturated rings. The zero-order chi connectivity index (χ0) is 21.4. The monoisotopic (exact) mass is 423 g/mol. The van der Waals surface area contributed by atoms with Gasteiger partial charge in [-0.3, -0.25) is 14.8 Å². The number of carbonyl (C=O) groups excluding carboxylic acids is 2. The molecule has 2 rings (SSSR count). The molecule has 1 heterocycles. The topological polar surface area (TPSA) is 70.7 Å². The van der Waals surface area contributed by atoms with Crippen LogP contribution in [-0.4, -0.2) is 42.3 Å². The van der Waals surface area contributed by atoms with Crippen LogP contribution in [0.2, 0.25) is 0 Å². The van der Waals surface area contributed by atoms with Gasteiger partial charge in [0.2, 0.25) is 5.91 Å². The lowest BCUT2D eigenvalue weighted by atomic mass is 9.98. The van der Waals surface area contributed by atoms with Gasteiger partial charge in [-0.15, -0.1) is 0 Å². The average Bonchev–Trinajstić information content (AvgIpc) is 2.96. The highest BCUT2D eigenvalue weighted by Gasteiger charge is 2.25. The van der Waals surface area contributed by atoms with Gasteiger partial charge in [-0.25, -0.2) is 9.18 Å². The van der Waals surface area contributed by atoms with E-state index in [-0.39, 0.29) is 41.5 Å². The van der Waals surface area contributed by atoms with E-state index in [0.29, 0.717) is 13.2 Å². The number of hydrogen-bond acceptors (Lipinski definition) is 5. The lowest BCUT2D eigenvalue weighted by Crippen LogP contribution is -2.28. The Balaban J connectivity index is 1.71. The minimum atomic E-state index is -0.351. The molecule has 0 aromatic heterocycles. The van der Waals surface area contributed by atoms with E-state index < -0.39 is 0 Å². The molecule has 1 aromatic rings. The van der Waals surface area contributed by atoms with Crippen molar-refractivity contribution in [3.8, 4) is 5.75 Å². The standard InChI is InChI=1S/C21H30FN3O3S/c1-15(16-8-9-17(22)18(12-16)28-14-21(2,3)4)24-29-11-7-5-6-10-25-13-19(26)23-20(25)27/h5-6,8-9,12,15,24H,7,10-11,13-14H2,1-4H3,(H,23,26,27)/b6-5+. The molecule has 1 unspecified atom stereocenters. The first-order valence-electron chi connectivity index (χ1n) is 9.69. The van der Waals surface area contributed by atoms with Crippen LogP contribution in [0.25, 0.3) is 0 Å². The number of carbonyl (C=O) groups is 2. The molecule has 0 spiro atoms. The molecule has 1 atom stereocenters. The molecule has 0 bridgehead atoms. The van der Waals surface area contributed by atoms with Crippen molar-refractivity contribution in [3.05, 3.63) is 41.7 Å². The lowest BCUT2D eigenvalue weighted by Gasteiger charge is -2.20. The van der Waals surface area contributed by atoms with Crippen molar-refractivity contribution < 1.29 is 18.7 Å². The molecule has 29 heavy (non-hydrogen) atoms. The fourth-order valence-corrected chi connectivity index (χ4v) is 3.28. The summed E-state index contributed by atoms with van der Waals surface area (Å²) in [5.41, 5.74) is 0.923. The van der Waals surface area contributed by atoms with Crippen molar-refractivity contribution >= 4 is 23.9 Å². The quantitative estimate of drug-likeness (QED) is 0.257. The number of imide groups is 1. The van der Waals surface area contributed by atoms with Crippen molar-refractivity contribution in [1.82, 2.24) is 14.9 Å². The van der Waals surface area contributed by atoms with Crippen LogP contribution >= 0.6 is 11.9 Å². The SMILES string of the molecule is CC(NSCC/C=C/CN1CC(=O)NC1=O)c1ccc(F)c(OCC(C)(C)C)c1. The summed E-state index contributed by atoms with van der Waals surface area (Å²) in [4.78, 5) is 24.0. The Kier molecular flexibility index (Phi) is 8.52. The van der Waals surface area contributed by atoms with Crippen LogP contribution in [0.3, 0.4) is 0 Å². The van der Waals surface area contributed by atoms with Crippen LogP contribution in [0.15, 0.2) is 30.4 Å². The van der Waals surface area contributed by atoms with Gasteiger partial charge in [-0.2, -0.15) is 0 Å². The summed E-state index contributed by atoms with van der Waals surface area (Å²) in [6, 6.07) is 4.66. The molecule has 1 aliphatic rings. The van der Waals surface area contributed by atoms with Gasteiger partial charge < -0.3 is 9.64 Å². The van der Waals surface area contributed by atoms with Gasteiger partial charge in [-0.1, -0.05) is 50.9 Å². The normalized spacial score (nSPS) is 15.8. The minimum Gasteiger partial charge on any atom is -0.490 e. The lowest BCUT2D eigenvalue weighted by molar-refractivity contribution is -0.118. The summed E-state index contributed by atoms with van der Waals surface area (Å²) in [5, 5.41) is 2.25. The van der Waals surface area contributed by atoms with Gasteiger partial charge >= 0.3 is 6.03 Å². The Morgan fingerprint density at radius 2 is 2.10 bits per heavy atom. The molecule has 3 amide bonds. The first-order chi connectivity index (χ1) is 13.7.